The molecule has 0 aliphatic rings. The number of nitrogens with zero attached hydrogens (tertiary/aromatic N) is 1. The van der Waals surface area contributed by atoms with Crippen molar-refractivity contribution in [1.82, 2.24) is 4.98 Å². The van der Waals surface area contributed by atoms with Crippen LogP contribution in [0.25, 0.3) is 0 Å². The van der Waals surface area contributed by atoms with Crippen LogP contribution in [0, 0.1) is 0 Å². The molecule has 1 rings (SSSR count). The van der Waals surface area contributed by atoms with Gasteiger partial charge in [-0.15, -0.1) is 0 Å². The van der Waals surface area contributed by atoms with Crippen LogP contribution < -0.4 is 62.6 Å². The third kappa shape index (κ3) is 3.70. The van der Waals surface area contributed by atoms with E-state index in [1.54, 1.807) is 0 Å². The Labute approximate surface area is 121 Å². The van der Waals surface area contributed by atoms with Gasteiger partial charge in [0.15, 0.2) is 0 Å². The Hall–Kier alpha value is 0.111. The fraction of sp³-hybridized carbons (Fsp3) is 0. The van der Waals surface area contributed by atoms with Crippen LogP contribution in [0.15, 0.2) is 18.3 Å². The van der Waals surface area contributed by atoms with Gasteiger partial charge in [-0.05, 0) is 6.07 Å². The molecule has 0 saturated heterocycles. The van der Waals surface area contributed by atoms with Crippen molar-refractivity contribution >= 4 is 18.3 Å². The van der Waals surface area contributed by atoms with Crippen LogP contribution >= 0.6 is 0 Å². The molecule has 0 spiro atoms. The second-order valence-electron chi connectivity index (χ2n) is 2.42. The van der Waals surface area contributed by atoms with Gasteiger partial charge in [-0.25, -0.2) is 0 Å². The summed E-state index contributed by atoms with van der Waals surface area (Å²) < 4.78 is 36.1. The second-order valence-corrected chi connectivity index (χ2v) is 2.42. The van der Waals surface area contributed by atoms with Crippen molar-refractivity contribution in [2.45, 2.75) is 0 Å². The molecule has 0 atom stereocenters. The summed E-state index contributed by atoms with van der Waals surface area (Å²) in [4.78, 5) is 13.7. The van der Waals surface area contributed by atoms with E-state index in [2.05, 4.69) is 4.98 Å². The van der Waals surface area contributed by atoms with E-state index in [9.17, 15) is 17.7 Å². The number of pyridine rings is 1. The summed E-state index contributed by atoms with van der Waals surface area (Å²) in [6, 6.07) is 1.74. The largest absolute Gasteiger partial charge is 1.00 e. The van der Waals surface area contributed by atoms with Gasteiger partial charge >= 0.3 is 58.4 Å². The first-order valence-electron chi connectivity index (χ1n) is 3.37. The van der Waals surface area contributed by atoms with Gasteiger partial charge in [0.25, 0.3) is 5.91 Å². The maximum absolute atomic E-state index is 12.0. The Bertz CT molecular complexity index is 327. The number of hydrogen-bond donors (Lipinski definition) is 1. The summed E-state index contributed by atoms with van der Waals surface area (Å²) in [6.07, 6.45) is 0.597. The summed E-state index contributed by atoms with van der Waals surface area (Å²) in [5.41, 5.74) is 3.78. The van der Waals surface area contributed by atoms with E-state index >= 15 is 0 Å². The summed E-state index contributed by atoms with van der Waals surface area (Å²) in [5, 5.41) is 0. The molecule has 0 aliphatic carbocycles. The minimum Gasteiger partial charge on any atom is -0.445 e. The molecule has 1 aromatic rings. The molecule has 0 radical (unpaired) electrons. The van der Waals surface area contributed by atoms with Crippen LogP contribution in [0.1, 0.15) is 10.5 Å². The monoisotopic (exact) mass is 228 g/mol. The maximum Gasteiger partial charge on any atom is 1.00 e. The molecule has 3 nitrogen and oxygen atoms in total. The third-order valence-electron chi connectivity index (χ3n) is 1.42. The maximum atomic E-state index is 12.0. The van der Waals surface area contributed by atoms with Crippen LogP contribution in [0.3, 0.4) is 0 Å². The summed E-state index contributed by atoms with van der Waals surface area (Å²) in [5.74, 6) is -0.846. The van der Waals surface area contributed by atoms with Crippen molar-refractivity contribution in [3.05, 3.63) is 24.0 Å². The van der Waals surface area contributed by atoms with E-state index in [1.165, 1.54) is 0 Å². The average Bonchev–Trinajstić information content (AvgIpc) is 2.03. The molecule has 1 heterocycles. The zero-order chi connectivity index (χ0) is 10.1. The van der Waals surface area contributed by atoms with Gasteiger partial charge in [0.05, 0.1) is 0 Å². The van der Waals surface area contributed by atoms with Crippen LogP contribution in [-0.4, -0.2) is 17.9 Å². The average molecular weight is 228 g/mol. The van der Waals surface area contributed by atoms with Crippen LogP contribution in [0.4, 0.5) is 12.9 Å². The molecule has 8 heteroatoms. The molecule has 0 fully saturated rings. The summed E-state index contributed by atoms with van der Waals surface area (Å²) in [6.45, 7) is -5.06. The molecule has 0 aliphatic heterocycles. The number of hydrogen-bond acceptors (Lipinski definition) is 2. The van der Waals surface area contributed by atoms with Crippen molar-refractivity contribution < 1.29 is 69.1 Å². The van der Waals surface area contributed by atoms with E-state index in [1.807, 2.05) is 0 Å². The van der Waals surface area contributed by atoms with Gasteiger partial charge in [0.2, 0.25) is 0 Å². The van der Waals surface area contributed by atoms with Crippen LogP contribution in [0.5, 0.6) is 0 Å². The van der Waals surface area contributed by atoms with Crippen LogP contribution in [-0.2, 0) is 0 Å². The molecule has 14 heavy (non-hydrogen) atoms. The molecular weight excluding hydrogens is 223 g/mol. The number of carbonyl (C=O) groups excluding carboxylic acids is 1. The van der Waals surface area contributed by atoms with Crippen molar-refractivity contribution in [3.63, 3.8) is 0 Å². The number of primary amides is 1. The first-order chi connectivity index (χ1) is 5.91. The van der Waals surface area contributed by atoms with E-state index in [-0.39, 0.29) is 57.1 Å². The smallest absolute Gasteiger partial charge is 0.445 e. The minimum atomic E-state index is -5.06. The van der Waals surface area contributed by atoms with Crippen molar-refractivity contribution in [1.29, 1.82) is 0 Å². The molecule has 0 saturated carbocycles. The van der Waals surface area contributed by atoms with Crippen LogP contribution in [0.2, 0.25) is 0 Å². The Kier molecular flexibility index (Phi) is 5.31. The number of aromatic nitrogens is 1. The van der Waals surface area contributed by atoms with E-state index in [0.717, 1.165) is 12.1 Å². The predicted molar refractivity (Wildman–Crippen MR) is 41.5 cm³/mol. The van der Waals surface area contributed by atoms with Gasteiger partial charge in [-0.2, -0.15) is 0 Å². The van der Waals surface area contributed by atoms with Gasteiger partial charge in [-0.1, -0.05) is 11.5 Å². The van der Waals surface area contributed by atoms with E-state index in [0.29, 0.717) is 6.20 Å². The minimum absolute atomic E-state index is 0. The van der Waals surface area contributed by atoms with E-state index in [4.69, 9.17) is 5.73 Å². The molecule has 1 amide bonds. The normalized spacial score (nSPS) is 10.5. The number of halogens is 3. The Balaban J connectivity index is 0.00000169. The quantitative estimate of drug-likeness (QED) is 0.557. The van der Waals surface area contributed by atoms with Crippen molar-refractivity contribution in [2.75, 3.05) is 0 Å². The van der Waals surface area contributed by atoms with Gasteiger partial charge in [0.1, 0.15) is 5.69 Å². The molecule has 0 bridgehead atoms. The first-order valence-corrected chi connectivity index (χ1v) is 3.37. The Morgan fingerprint density at radius 2 is 1.93 bits per heavy atom. The van der Waals surface area contributed by atoms with Gasteiger partial charge < -0.3 is 18.7 Å². The Morgan fingerprint density at radius 3 is 2.21 bits per heavy atom. The van der Waals surface area contributed by atoms with Crippen molar-refractivity contribution in [2.24, 2.45) is 5.73 Å². The zero-order valence-corrected chi connectivity index (χ0v) is 10.5. The second kappa shape index (κ2) is 5.27. The number of amides is 1. The fourth-order valence-corrected chi connectivity index (χ4v) is 0.745. The molecule has 1 aromatic heterocycles. The first kappa shape index (κ1) is 14.1. The molecule has 0 unspecified atom stereocenters. The van der Waals surface area contributed by atoms with Gasteiger partial charge in [0, 0.05) is 6.20 Å². The fourth-order valence-electron chi connectivity index (χ4n) is 0.745. The zero-order valence-electron chi connectivity index (χ0n) is 7.38. The van der Waals surface area contributed by atoms with E-state index < -0.39 is 18.3 Å². The predicted octanol–water partition coefficient (Wildman–Crippen LogP) is -2.76. The van der Waals surface area contributed by atoms with Gasteiger partial charge in [-0.3, -0.25) is 9.78 Å². The Morgan fingerprint density at radius 1 is 1.36 bits per heavy atom. The number of rotatable bonds is 2. The summed E-state index contributed by atoms with van der Waals surface area (Å²) in [7, 11) is 0. The van der Waals surface area contributed by atoms with Crippen molar-refractivity contribution in [3.8, 4) is 0 Å². The third-order valence-corrected chi connectivity index (χ3v) is 1.42. The SMILES string of the molecule is NC(=O)c1ccc([B-](F)(F)F)cn1.[K+]. The summed E-state index contributed by atoms with van der Waals surface area (Å²) >= 11 is 0. The molecule has 70 valence electrons. The molecular formula is C6H5BF3KN2O. The number of nitrogens with two attached hydrogens (primary N) is 1. The molecule has 0 aromatic carbocycles. The molecule has 2 N–H and O–H groups in total. The standard InChI is InChI=1S/C6H5BF3N2O.K/c8-7(9,10)4-1-2-5(6(11)13)12-3-4;/h1-3H,(H2,11,13);/q-1;+1. The number of carbonyl (C=O) groups is 1. The topological polar surface area (TPSA) is 56.0 Å².